The molecule has 3 amide bonds. The van der Waals surface area contributed by atoms with Gasteiger partial charge in [0.1, 0.15) is 0 Å². The molecule has 3 aromatic rings. The molecule has 0 aliphatic carbocycles. The normalized spacial score (nSPS) is 16.5. The maximum Gasteiger partial charge on any atom is 0.264 e. The molecule has 1 fully saturated rings. The van der Waals surface area contributed by atoms with Crippen molar-refractivity contribution < 1.29 is 23.9 Å². The zero-order valence-corrected chi connectivity index (χ0v) is 26.0. The number of hydrogen-bond acceptors (Lipinski definition) is 7. The third kappa shape index (κ3) is 6.28. The smallest absolute Gasteiger partial charge is 0.264 e. The van der Waals surface area contributed by atoms with Crippen LogP contribution in [0.2, 0.25) is 0 Å². The van der Waals surface area contributed by atoms with Crippen molar-refractivity contribution >= 4 is 23.4 Å². The fourth-order valence-electron chi connectivity index (χ4n) is 6.28. The highest BCUT2D eigenvalue weighted by atomic mass is 16.5. The summed E-state index contributed by atoms with van der Waals surface area (Å²) in [5.74, 6) is 0.458. The summed E-state index contributed by atoms with van der Waals surface area (Å²) in [6.45, 7) is 7.70. The summed E-state index contributed by atoms with van der Waals surface area (Å²) in [4.78, 5) is 46.1. The molecule has 2 unspecified atom stereocenters. The minimum Gasteiger partial charge on any atom is -0.493 e. The van der Waals surface area contributed by atoms with Crippen molar-refractivity contribution in [2.75, 3.05) is 51.8 Å². The van der Waals surface area contributed by atoms with Crippen LogP contribution in [0.1, 0.15) is 77.0 Å². The number of imide groups is 1. The molecule has 2 heterocycles. The first-order valence-corrected chi connectivity index (χ1v) is 15.4. The van der Waals surface area contributed by atoms with Gasteiger partial charge < -0.3 is 19.7 Å². The average molecular weight is 599 g/mol. The predicted molar refractivity (Wildman–Crippen MR) is 170 cm³/mol. The van der Waals surface area contributed by atoms with Crippen LogP contribution < -0.4 is 19.7 Å². The third-order valence-electron chi connectivity index (χ3n) is 8.81. The van der Waals surface area contributed by atoms with E-state index < -0.39 is 6.04 Å². The molecule has 1 saturated heterocycles. The molecule has 2 atom stereocenters. The lowest BCUT2D eigenvalue weighted by Gasteiger charge is -2.39. The maximum absolute atomic E-state index is 14.3. The van der Waals surface area contributed by atoms with Crippen LogP contribution in [0.5, 0.6) is 11.5 Å². The number of piperazine rings is 1. The van der Waals surface area contributed by atoms with Gasteiger partial charge in [-0.3, -0.25) is 24.2 Å². The number of nitrogens with zero attached hydrogens (tertiary/aromatic N) is 3. The van der Waals surface area contributed by atoms with Crippen molar-refractivity contribution in [3.05, 3.63) is 89.0 Å². The molecule has 0 radical (unpaired) electrons. The zero-order chi connectivity index (χ0) is 31.2. The van der Waals surface area contributed by atoms with Crippen LogP contribution in [0.15, 0.2) is 66.7 Å². The number of hydrogen-bond donors (Lipinski definition) is 1. The number of nitrogens with one attached hydrogen (secondary N) is 1. The topological polar surface area (TPSA) is 91.4 Å². The minimum absolute atomic E-state index is 0.0312. The summed E-state index contributed by atoms with van der Waals surface area (Å²) >= 11 is 0. The second kappa shape index (κ2) is 13.9. The zero-order valence-electron chi connectivity index (χ0n) is 26.0. The Bertz CT molecular complexity index is 1490. The van der Waals surface area contributed by atoms with Crippen molar-refractivity contribution in [3.63, 3.8) is 0 Å². The Morgan fingerprint density at radius 3 is 2.27 bits per heavy atom. The number of anilines is 1. The molecule has 1 N–H and O–H groups in total. The Balaban J connectivity index is 1.39. The van der Waals surface area contributed by atoms with Crippen LogP contribution in [0.25, 0.3) is 0 Å². The van der Waals surface area contributed by atoms with E-state index >= 15 is 0 Å². The van der Waals surface area contributed by atoms with Gasteiger partial charge in [0.2, 0.25) is 5.91 Å². The molecule has 3 aromatic carbocycles. The summed E-state index contributed by atoms with van der Waals surface area (Å²) in [5, 5.41) is 2.90. The number of carbonyl (C=O) groups excluding carboxylic acids is 3. The van der Waals surface area contributed by atoms with Crippen LogP contribution in [-0.4, -0.2) is 74.5 Å². The van der Waals surface area contributed by atoms with E-state index in [9.17, 15) is 14.4 Å². The van der Waals surface area contributed by atoms with Crippen molar-refractivity contribution in [3.8, 4) is 11.5 Å². The number of fused-ring (bicyclic) bond motifs is 1. The summed E-state index contributed by atoms with van der Waals surface area (Å²) in [6.07, 6.45) is 1.47. The molecular formula is C35H42N4O5. The van der Waals surface area contributed by atoms with Gasteiger partial charge in [-0.05, 0) is 55.2 Å². The van der Waals surface area contributed by atoms with Gasteiger partial charge in [-0.1, -0.05) is 49.4 Å². The summed E-state index contributed by atoms with van der Waals surface area (Å²) < 4.78 is 11.0. The van der Waals surface area contributed by atoms with E-state index in [4.69, 9.17) is 9.47 Å². The largest absolute Gasteiger partial charge is 0.493 e. The van der Waals surface area contributed by atoms with E-state index in [1.54, 1.807) is 26.4 Å². The molecule has 0 spiro atoms. The Morgan fingerprint density at radius 1 is 0.864 bits per heavy atom. The molecular weight excluding hydrogens is 556 g/mol. The van der Waals surface area contributed by atoms with E-state index in [1.165, 1.54) is 10.5 Å². The van der Waals surface area contributed by atoms with Crippen LogP contribution >= 0.6 is 0 Å². The van der Waals surface area contributed by atoms with Crippen molar-refractivity contribution in [2.45, 2.75) is 45.2 Å². The highest BCUT2D eigenvalue weighted by Gasteiger charge is 2.43. The van der Waals surface area contributed by atoms with Crippen LogP contribution in [0.4, 0.5) is 5.69 Å². The fraction of sp³-hybridized carbons (Fsp3) is 0.400. The number of rotatable bonds is 12. The lowest BCUT2D eigenvalue weighted by atomic mass is 9.99. The molecule has 9 heteroatoms. The van der Waals surface area contributed by atoms with Crippen LogP contribution in [0.3, 0.4) is 0 Å². The van der Waals surface area contributed by atoms with E-state index in [2.05, 4.69) is 46.3 Å². The van der Waals surface area contributed by atoms with E-state index in [1.807, 2.05) is 37.3 Å². The standard InChI is InChI=1S/C35H42N4O5/c1-5-32(40)36-18-10-15-28(26-16-17-30(43-3)31(23-26)44-4)39-34(41)27-13-9-14-29(33(27)35(39)42)38-21-19-37(20-22-38)24(2)25-11-7-6-8-12-25/h6-9,11-14,16-17,23-24,28H,5,10,15,18-22H2,1-4H3,(H,36,40). The third-order valence-corrected chi connectivity index (χ3v) is 8.81. The highest BCUT2D eigenvalue weighted by molar-refractivity contribution is 6.24. The Kier molecular flexibility index (Phi) is 9.85. The van der Waals surface area contributed by atoms with E-state index in [0.717, 1.165) is 37.4 Å². The number of carbonyl (C=O) groups is 3. The SMILES string of the molecule is CCC(=O)NCCCC(c1ccc(OC)c(OC)c1)N1C(=O)c2cccc(N3CCN(C(C)c4ccccc4)CC3)c2C1=O. The van der Waals surface area contributed by atoms with E-state index in [-0.39, 0.29) is 17.7 Å². The molecule has 0 saturated carbocycles. The lowest BCUT2D eigenvalue weighted by Crippen LogP contribution is -2.47. The summed E-state index contributed by atoms with van der Waals surface area (Å²) in [6, 6.07) is 21.3. The molecule has 44 heavy (non-hydrogen) atoms. The van der Waals surface area contributed by atoms with Gasteiger partial charge in [-0.2, -0.15) is 0 Å². The van der Waals surface area contributed by atoms with Gasteiger partial charge in [0.15, 0.2) is 11.5 Å². The molecule has 9 nitrogen and oxygen atoms in total. The predicted octanol–water partition coefficient (Wildman–Crippen LogP) is 5.23. The highest BCUT2D eigenvalue weighted by Crippen LogP contribution is 2.40. The van der Waals surface area contributed by atoms with Crippen molar-refractivity contribution in [2.24, 2.45) is 0 Å². The first-order valence-electron chi connectivity index (χ1n) is 15.4. The number of methoxy groups -OCH3 is 2. The van der Waals surface area contributed by atoms with Gasteiger partial charge in [0, 0.05) is 45.2 Å². The fourth-order valence-corrected chi connectivity index (χ4v) is 6.28. The second-order valence-corrected chi connectivity index (χ2v) is 11.3. The molecule has 2 aliphatic heterocycles. The molecule has 2 aliphatic rings. The van der Waals surface area contributed by atoms with Crippen molar-refractivity contribution in [1.82, 2.24) is 15.1 Å². The van der Waals surface area contributed by atoms with Gasteiger partial charge in [-0.25, -0.2) is 0 Å². The number of benzene rings is 3. The Morgan fingerprint density at radius 2 is 1.59 bits per heavy atom. The van der Waals surface area contributed by atoms with Crippen LogP contribution in [-0.2, 0) is 4.79 Å². The average Bonchev–Trinajstić information content (AvgIpc) is 3.33. The number of amides is 3. The molecule has 232 valence electrons. The lowest BCUT2D eigenvalue weighted by molar-refractivity contribution is -0.120. The Hall–Kier alpha value is -4.37. The summed E-state index contributed by atoms with van der Waals surface area (Å²) in [7, 11) is 3.13. The molecule has 5 rings (SSSR count). The van der Waals surface area contributed by atoms with Gasteiger partial charge in [0.25, 0.3) is 11.8 Å². The van der Waals surface area contributed by atoms with Crippen LogP contribution in [0, 0.1) is 0 Å². The van der Waals surface area contributed by atoms with Gasteiger partial charge in [-0.15, -0.1) is 0 Å². The van der Waals surface area contributed by atoms with Gasteiger partial charge in [0.05, 0.1) is 37.1 Å². The monoisotopic (exact) mass is 598 g/mol. The van der Waals surface area contributed by atoms with E-state index in [0.29, 0.717) is 54.5 Å². The maximum atomic E-state index is 14.3. The quantitative estimate of drug-likeness (QED) is 0.226. The minimum atomic E-state index is -0.544. The molecule has 0 aromatic heterocycles. The first kappa shape index (κ1) is 31.1. The van der Waals surface area contributed by atoms with Crippen molar-refractivity contribution in [1.29, 1.82) is 0 Å². The Labute approximate surface area is 259 Å². The number of ether oxygens (including phenoxy) is 2. The van der Waals surface area contributed by atoms with Gasteiger partial charge >= 0.3 is 0 Å². The summed E-state index contributed by atoms with van der Waals surface area (Å²) in [5.41, 5.74) is 3.75. The second-order valence-electron chi connectivity index (χ2n) is 11.3. The molecule has 0 bridgehead atoms. The first-order chi connectivity index (χ1) is 21.4.